The molecule has 2 rings (SSSR count). The van der Waals surface area contributed by atoms with Gasteiger partial charge in [0.1, 0.15) is 0 Å². The largest absolute Gasteiger partial charge is 0.385 e. The summed E-state index contributed by atoms with van der Waals surface area (Å²) >= 11 is 5.97. The normalized spacial score (nSPS) is 11.2. The Morgan fingerprint density at radius 1 is 1.28 bits per heavy atom. The van der Waals surface area contributed by atoms with Crippen LogP contribution in [0.3, 0.4) is 0 Å². The van der Waals surface area contributed by atoms with Gasteiger partial charge in [-0.15, -0.1) is 0 Å². The number of rotatable bonds is 7. The molecule has 18 heavy (non-hydrogen) atoms. The summed E-state index contributed by atoms with van der Waals surface area (Å²) in [6.45, 7) is 3.76. The van der Waals surface area contributed by atoms with E-state index in [4.69, 9.17) is 16.3 Å². The molecule has 0 bridgehead atoms. The number of aromatic nitrogens is 1. The van der Waals surface area contributed by atoms with E-state index in [1.807, 2.05) is 12.1 Å². The number of nitrogens with one attached hydrogen (secondary N) is 1. The zero-order chi connectivity index (χ0) is 12.8. The lowest BCUT2D eigenvalue weighted by molar-refractivity contribution is 0.194. The van der Waals surface area contributed by atoms with Gasteiger partial charge in [-0.25, -0.2) is 0 Å². The van der Waals surface area contributed by atoms with Crippen LogP contribution in [0.15, 0.2) is 30.5 Å². The van der Waals surface area contributed by atoms with E-state index in [-0.39, 0.29) is 0 Å². The zero-order valence-corrected chi connectivity index (χ0v) is 11.4. The number of hydrogen-bond acceptors (Lipinski definition) is 2. The van der Waals surface area contributed by atoms with E-state index in [0.29, 0.717) is 0 Å². The van der Waals surface area contributed by atoms with Crippen LogP contribution in [0.2, 0.25) is 5.02 Å². The Morgan fingerprint density at radius 3 is 3.00 bits per heavy atom. The second kappa shape index (κ2) is 6.78. The van der Waals surface area contributed by atoms with E-state index >= 15 is 0 Å². The molecular formula is C14H19ClN2O. The van der Waals surface area contributed by atoms with Crippen molar-refractivity contribution in [2.75, 3.05) is 26.8 Å². The smallest absolute Gasteiger partial charge is 0.0481 e. The second-order valence-corrected chi connectivity index (χ2v) is 4.75. The number of ether oxygens (including phenoxy) is 1. The minimum absolute atomic E-state index is 0.790. The molecule has 1 heterocycles. The summed E-state index contributed by atoms with van der Waals surface area (Å²) < 4.78 is 7.25. The van der Waals surface area contributed by atoms with Crippen LogP contribution in [0.5, 0.6) is 0 Å². The zero-order valence-electron chi connectivity index (χ0n) is 10.7. The average molecular weight is 267 g/mol. The molecule has 2 aromatic rings. The molecule has 0 radical (unpaired) electrons. The second-order valence-electron chi connectivity index (χ2n) is 4.31. The summed E-state index contributed by atoms with van der Waals surface area (Å²) in [5, 5.41) is 5.39. The quantitative estimate of drug-likeness (QED) is 0.780. The highest BCUT2D eigenvalue weighted by molar-refractivity contribution is 6.31. The molecule has 0 amide bonds. The third-order valence-corrected chi connectivity index (χ3v) is 3.20. The summed E-state index contributed by atoms with van der Waals surface area (Å²) in [4.78, 5) is 0. The lowest BCUT2D eigenvalue weighted by Gasteiger charge is -2.07. The van der Waals surface area contributed by atoms with Gasteiger partial charge in [0.15, 0.2) is 0 Å². The molecule has 0 aliphatic heterocycles. The summed E-state index contributed by atoms with van der Waals surface area (Å²) in [6, 6.07) is 8.11. The maximum absolute atomic E-state index is 5.97. The number of nitrogens with zero attached hydrogens (tertiary/aromatic N) is 1. The molecule has 0 saturated heterocycles. The number of methoxy groups -OCH3 is 1. The molecule has 1 aromatic heterocycles. The van der Waals surface area contributed by atoms with Gasteiger partial charge >= 0.3 is 0 Å². The first-order valence-corrected chi connectivity index (χ1v) is 6.63. The maximum atomic E-state index is 5.97. The van der Waals surface area contributed by atoms with E-state index in [1.54, 1.807) is 7.11 Å². The fourth-order valence-corrected chi connectivity index (χ4v) is 2.21. The van der Waals surface area contributed by atoms with Crippen molar-refractivity contribution in [2.45, 2.75) is 13.0 Å². The van der Waals surface area contributed by atoms with E-state index in [2.05, 4.69) is 28.2 Å². The fourth-order valence-electron chi connectivity index (χ4n) is 2.03. The van der Waals surface area contributed by atoms with Gasteiger partial charge in [-0.05, 0) is 37.2 Å². The first kappa shape index (κ1) is 13.4. The molecule has 0 fully saturated rings. The van der Waals surface area contributed by atoms with E-state index in [9.17, 15) is 0 Å². The van der Waals surface area contributed by atoms with Crippen LogP contribution in [0.25, 0.3) is 10.9 Å². The minimum Gasteiger partial charge on any atom is -0.385 e. The first-order chi connectivity index (χ1) is 8.81. The van der Waals surface area contributed by atoms with Gasteiger partial charge in [-0.2, -0.15) is 0 Å². The fraction of sp³-hybridized carbons (Fsp3) is 0.429. The van der Waals surface area contributed by atoms with E-state index < -0.39 is 0 Å². The minimum atomic E-state index is 0.790. The molecule has 98 valence electrons. The Hall–Kier alpha value is -1.03. The summed E-state index contributed by atoms with van der Waals surface area (Å²) in [5.74, 6) is 0. The highest BCUT2D eigenvalue weighted by atomic mass is 35.5. The lowest BCUT2D eigenvalue weighted by atomic mass is 10.2. The van der Waals surface area contributed by atoms with Gasteiger partial charge in [0.25, 0.3) is 0 Å². The molecule has 0 aliphatic rings. The highest BCUT2D eigenvalue weighted by Gasteiger charge is 2.00. The molecule has 1 aromatic carbocycles. The van der Waals surface area contributed by atoms with Crippen molar-refractivity contribution in [3.05, 3.63) is 35.5 Å². The Morgan fingerprint density at radius 2 is 2.17 bits per heavy atom. The maximum Gasteiger partial charge on any atom is 0.0481 e. The number of fused-ring (bicyclic) bond motifs is 1. The molecular weight excluding hydrogens is 248 g/mol. The lowest BCUT2D eigenvalue weighted by Crippen LogP contribution is -2.21. The van der Waals surface area contributed by atoms with Gasteiger partial charge in [0, 0.05) is 48.9 Å². The van der Waals surface area contributed by atoms with Crippen molar-refractivity contribution in [2.24, 2.45) is 0 Å². The topological polar surface area (TPSA) is 26.2 Å². The summed E-state index contributed by atoms with van der Waals surface area (Å²) in [7, 11) is 1.73. The average Bonchev–Trinajstić information content (AvgIpc) is 2.76. The summed E-state index contributed by atoms with van der Waals surface area (Å²) in [6.07, 6.45) is 3.16. The van der Waals surface area contributed by atoms with Crippen molar-refractivity contribution in [1.29, 1.82) is 0 Å². The van der Waals surface area contributed by atoms with Crippen LogP contribution >= 0.6 is 11.6 Å². The van der Waals surface area contributed by atoms with Crippen molar-refractivity contribution in [3.63, 3.8) is 0 Å². The standard InChI is InChI=1S/C14H19ClN2O/c1-18-10-2-6-16-7-9-17-8-5-12-11-13(15)3-4-14(12)17/h3-5,8,11,16H,2,6-7,9-10H2,1H3. The predicted octanol–water partition coefficient (Wildman–Crippen LogP) is 2.92. The van der Waals surface area contributed by atoms with Crippen LogP contribution in [-0.4, -0.2) is 31.4 Å². The van der Waals surface area contributed by atoms with Crippen LogP contribution < -0.4 is 5.32 Å². The van der Waals surface area contributed by atoms with Crippen LogP contribution in [-0.2, 0) is 11.3 Å². The van der Waals surface area contributed by atoms with Gasteiger partial charge < -0.3 is 14.6 Å². The van der Waals surface area contributed by atoms with Crippen LogP contribution in [0, 0.1) is 0 Å². The molecule has 0 saturated carbocycles. The van der Waals surface area contributed by atoms with E-state index in [1.165, 1.54) is 10.9 Å². The monoisotopic (exact) mass is 266 g/mol. The molecule has 0 spiro atoms. The Bertz CT molecular complexity index is 495. The number of benzene rings is 1. The molecule has 0 atom stereocenters. The van der Waals surface area contributed by atoms with Crippen molar-refractivity contribution < 1.29 is 4.74 Å². The SMILES string of the molecule is COCCCNCCn1ccc2cc(Cl)ccc21. The van der Waals surface area contributed by atoms with E-state index in [0.717, 1.165) is 37.7 Å². The summed E-state index contributed by atoms with van der Waals surface area (Å²) in [5.41, 5.74) is 1.23. The van der Waals surface area contributed by atoms with Gasteiger partial charge in [0.2, 0.25) is 0 Å². The highest BCUT2D eigenvalue weighted by Crippen LogP contribution is 2.20. The molecule has 1 N–H and O–H groups in total. The third kappa shape index (κ3) is 3.48. The Balaban J connectivity index is 1.84. The molecule has 0 aliphatic carbocycles. The number of hydrogen-bond donors (Lipinski definition) is 1. The van der Waals surface area contributed by atoms with Crippen molar-refractivity contribution >= 4 is 22.5 Å². The van der Waals surface area contributed by atoms with Gasteiger partial charge in [0.05, 0.1) is 0 Å². The number of halogens is 1. The molecule has 3 nitrogen and oxygen atoms in total. The van der Waals surface area contributed by atoms with Crippen molar-refractivity contribution in [1.82, 2.24) is 9.88 Å². The van der Waals surface area contributed by atoms with Gasteiger partial charge in [-0.3, -0.25) is 0 Å². The van der Waals surface area contributed by atoms with Crippen molar-refractivity contribution in [3.8, 4) is 0 Å². The first-order valence-electron chi connectivity index (χ1n) is 6.25. The van der Waals surface area contributed by atoms with Crippen LogP contribution in [0.4, 0.5) is 0 Å². The molecule has 4 heteroatoms. The predicted molar refractivity (Wildman–Crippen MR) is 76.3 cm³/mol. The van der Waals surface area contributed by atoms with Gasteiger partial charge in [-0.1, -0.05) is 11.6 Å². The Kier molecular flexibility index (Phi) is 5.05. The van der Waals surface area contributed by atoms with Crippen LogP contribution in [0.1, 0.15) is 6.42 Å². The Labute approximate surface area is 113 Å². The molecule has 0 unspecified atom stereocenters. The third-order valence-electron chi connectivity index (χ3n) is 2.96.